The molecule has 0 radical (unpaired) electrons. The fourth-order valence-electron chi connectivity index (χ4n) is 1.73. The summed E-state index contributed by atoms with van der Waals surface area (Å²) in [5, 5.41) is 15.1. The second kappa shape index (κ2) is 9.66. The van der Waals surface area contributed by atoms with Gasteiger partial charge in [0.05, 0.1) is 6.10 Å². The first-order chi connectivity index (χ1) is 9.76. The van der Waals surface area contributed by atoms with E-state index in [2.05, 4.69) is 10.6 Å². The van der Waals surface area contributed by atoms with Crippen molar-refractivity contribution in [1.29, 1.82) is 0 Å². The first kappa shape index (κ1) is 20.7. The Hall–Kier alpha value is -1.30. The summed E-state index contributed by atoms with van der Waals surface area (Å²) in [6.07, 6.45) is -0.353. The van der Waals surface area contributed by atoms with Gasteiger partial charge in [-0.2, -0.15) is 0 Å². The molecule has 22 heavy (non-hydrogen) atoms. The average Bonchev–Trinajstić information content (AvgIpc) is 2.35. The number of amides is 1. The molecule has 0 bridgehead atoms. The zero-order valence-corrected chi connectivity index (χ0v) is 14.5. The number of benzene rings is 1. The summed E-state index contributed by atoms with van der Waals surface area (Å²) in [4.78, 5) is 11.6. The maximum Gasteiger partial charge on any atom is 0.258 e. The molecule has 1 amide bonds. The highest BCUT2D eigenvalue weighted by molar-refractivity contribution is 5.85. The van der Waals surface area contributed by atoms with E-state index in [1.54, 1.807) is 6.92 Å². The molecule has 126 valence electrons. The summed E-state index contributed by atoms with van der Waals surface area (Å²) in [7, 11) is 0. The Kier molecular flexibility index (Phi) is 9.09. The van der Waals surface area contributed by atoms with Crippen molar-refractivity contribution in [3.8, 4) is 5.75 Å². The van der Waals surface area contributed by atoms with Crippen LogP contribution in [0, 0.1) is 0 Å². The highest BCUT2D eigenvalue weighted by Crippen LogP contribution is 2.12. The van der Waals surface area contributed by atoms with Gasteiger partial charge in [-0.3, -0.25) is 4.79 Å². The summed E-state index contributed by atoms with van der Waals surface area (Å²) in [6.45, 7) is 8.80. The van der Waals surface area contributed by atoms with E-state index >= 15 is 0 Å². The molecule has 0 aromatic heterocycles. The highest BCUT2D eigenvalue weighted by atomic mass is 35.5. The van der Waals surface area contributed by atoms with Gasteiger partial charge in [0.15, 0.2) is 6.61 Å². The van der Waals surface area contributed by atoms with E-state index in [0.29, 0.717) is 18.8 Å². The van der Waals surface area contributed by atoms with Crippen molar-refractivity contribution in [3.05, 3.63) is 29.8 Å². The number of halogens is 1. The molecule has 0 aliphatic carbocycles. The topological polar surface area (TPSA) is 70.6 Å². The van der Waals surface area contributed by atoms with E-state index in [0.717, 1.165) is 5.56 Å². The predicted molar refractivity (Wildman–Crippen MR) is 90.5 cm³/mol. The number of carbonyl (C=O) groups excluding carboxylic acids is 1. The largest absolute Gasteiger partial charge is 0.484 e. The Morgan fingerprint density at radius 3 is 2.36 bits per heavy atom. The van der Waals surface area contributed by atoms with Gasteiger partial charge in [-0.05, 0) is 45.4 Å². The van der Waals surface area contributed by atoms with Crippen LogP contribution in [0.2, 0.25) is 0 Å². The van der Waals surface area contributed by atoms with Crippen molar-refractivity contribution < 1.29 is 14.6 Å². The standard InChI is InChI=1S/C16H26N2O3.ClH/c1-12(19)9-17-10-13-5-7-14(8-6-13)21-11-15(20)18-16(2,3)4;/h5-8,12,17,19H,9-11H2,1-4H3,(H,18,20);1H. The molecule has 0 fully saturated rings. The SMILES string of the molecule is CC(O)CNCc1ccc(OCC(=O)NC(C)(C)C)cc1.Cl. The first-order valence-corrected chi connectivity index (χ1v) is 7.18. The molecule has 0 aliphatic heterocycles. The van der Waals surface area contributed by atoms with E-state index in [-0.39, 0.29) is 36.6 Å². The fraction of sp³-hybridized carbons (Fsp3) is 0.562. The number of rotatable bonds is 7. The molecule has 0 heterocycles. The van der Waals surface area contributed by atoms with Crippen LogP contribution in [0.3, 0.4) is 0 Å². The lowest BCUT2D eigenvalue weighted by molar-refractivity contribution is -0.124. The number of aliphatic hydroxyl groups is 1. The molecule has 1 rings (SSSR count). The molecule has 1 unspecified atom stereocenters. The number of hydrogen-bond acceptors (Lipinski definition) is 4. The van der Waals surface area contributed by atoms with Gasteiger partial charge in [0.2, 0.25) is 0 Å². The van der Waals surface area contributed by atoms with Crippen LogP contribution in [0.1, 0.15) is 33.3 Å². The summed E-state index contributed by atoms with van der Waals surface area (Å²) in [5.74, 6) is 0.531. The van der Waals surface area contributed by atoms with Gasteiger partial charge in [0, 0.05) is 18.6 Å². The third-order valence-corrected chi connectivity index (χ3v) is 2.58. The monoisotopic (exact) mass is 330 g/mol. The average molecular weight is 331 g/mol. The highest BCUT2D eigenvalue weighted by Gasteiger charge is 2.13. The van der Waals surface area contributed by atoms with Crippen LogP contribution in [-0.2, 0) is 11.3 Å². The molecule has 0 saturated heterocycles. The van der Waals surface area contributed by atoms with E-state index in [1.807, 2.05) is 45.0 Å². The lowest BCUT2D eigenvalue weighted by Gasteiger charge is -2.20. The van der Waals surface area contributed by atoms with E-state index in [4.69, 9.17) is 9.84 Å². The molecule has 1 atom stereocenters. The van der Waals surface area contributed by atoms with E-state index in [9.17, 15) is 4.79 Å². The molecule has 1 aromatic rings. The van der Waals surface area contributed by atoms with Crippen molar-refractivity contribution in [1.82, 2.24) is 10.6 Å². The second-order valence-corrected chi connectivity index (χ2v) is 6.21. The minimum absolute atomic E-state index is 0. The Bertz CT molecular complexity index is 442. The second-order valence-electron chi connectivity index (χ2n) is 6.21. The van der Waals surface area contributed by atoms with Crippen LogP contribution >= 0.6 is 12.4 Å². The van der Waals surface area contributed by atoms with Gasteiger partial charge in [0.1, 0.15) is 5.75 Å². The Morgan fingerprint density at radius 1 is 1.27 bits per heavy atom. The molecule has 0 spiro atoms. The maximum absolute atomic E-state index is 11.6. The lowest BCUT2D eigenvalue weighted by atomic mass is 10.1. The summed E-state index contributed by atoms with van der Waals surface area (Å²) < 4.78 is 5.44. The molecular formula is C16H27ClN2O3. The normalized spacial score (nSPS) is 12.2. The first-order valence-electron chi connectivity index (χ1n) is 7.18. The maximum atomic E-state index is 11.6. The minimum atomic E-state index is -0.353. The molecule has 0 saturated carbocycles. The summed E-state index contributed by atoms with van der Waals surface area (Å²) in [6, 6.07) is 7.55. The third kappa shape index (κ3) is 9.60. The van der Waals surface area contributed by atoms with Crippen LogP contribution in [-0.4, -0.2) is 35.8 Å². The minimum Gasteiger partial charge on any atom is -0.484 e. The van der Waals surface area contributed by atoms with Crippen molar-refractivity contribution in [2.75, 3.05) is 13.2 Å². The van der Waals surface area contributed by atoms with Gasteiger partial charge in [-0.15, -0.1) is 12.4 Å². The molecule has 6 heteroatoms. The Morgan fingerprint density at radius 2 is 1.86 bits per heavy atom. The van der Waals surface area contributed by atoms with Crippen molar-refractivity contribution in [2.24, 2.45) is 0 Å². The Balaban J connectivity index is 0.00000441. The molecule has 5 nitrogen and oxygen atoms in total. The van der Waals surface area contributed by atoms with E-state index < -0.39 is 0 Å². The number of ether oxygens (including phenoxy) is 1. The van der Waals surface area contributed by atoms with Crippen LogP contribution < -0.4 is 15.4 Å². The number of nitrogens with one attached hydrogen (secondary N) is 2. The van der Waals surface area contributed by atoms with Crippen molar-refractivity contribution >= 4 is 18.3 Å². The lowest BCUT2D eigenvalue weighted by Crippen LogP contribution is -2.43. The van der Waals surface area contributed by atoms with Gasteiger partial charge in [0.25, 0.3) is 5.91 Å². The van der Waals surface area contributed by atoms with Crippen LogP contribution in [0.15, 0.2) is 24.3 Å². The van der Waals surface area contributed by atoms with Crippen molar-refractivity contribution in [3.63, 3.8) is 0 Å². The number of carbonyl (C=O) groups is 1. The quantitative estimate of drug-likeness (QED) is 0.714. The predicted octanol–water partition coefficient (Wildman–Crippen LogP) is 1.87. The van der Waals surface area contributed by atoms with Crippen LogP contribution in [0.25, 0.3) is 0 Å². The smallest absolute Gasteiger partial charge is 0.258 e. The number of aliphatic hydroxyl groups excluding tert-OH is 1. The molecular weight excluding hydrogens is 304 g/mol. The summed E-state index contributed by atoms with van der Waals surface area (Å²) >= 11 is 0. The van der Waals surface area contributed by atoms with Crippen LogP contribution in [0.4, 0.5) is 0 Å². The Labute approximate surface area is 138 Å². The fourth-order valence-corrected chi connectivity index (χ4v) is 1.73. The summed E-state index contributed by atoms with van der Waals surface area (Å²) in [5.41, 5.74) is 0.849. The van der Waals surface area contributed by atoms with Gasteiger partial charge in [-0.1, -0.05) is 12.1 Å². The van der Waals surface area contributed by atoms with Gasteiger partial charge in [-0.25, -0.2) is 0 Å². The van der Waals surface area contributed by atoms with Gasteiger partial charge < -0.3 is 20.5 Å². The number of hydrogen-bond donors (Lipinski definition) is 3. The zero-order valence-electron chi connectivity index (χ0n) is 13.7. The zero-order chi connectivity index (χ0) is 15.9. The van der Waals surface area contributed by atoms with Crippen LogP contribution in [0.5, 0.6) is 5.75 Å². The molecule has 1 aromatic carbocycles. The van der Waals surface area contributed by atoms with Gasteiger partial charge >= 0.3 is 0 Å². The van der Waals surface area contributed by atoms with Crippen molar-refractivity contribution in [2.45, 2.75) is 45.9 Å². The third-order valence-electron chi connectivity index (χ3n) is 2.58. The molecule has 0 aliphatic rings. The van der Waals surface area contributed by atoms with E-state index in [1.165, 1.54) is 0 Å². The molecule has 3 N–H and O–H groups in total.